The molecule has 1 atom stereocenters. The summed E-state index contributed by atoms with van der Waals surface area (Å²) >= 11 is 0. The molecule has 2 aromatic rings. The van der Waals surface area contributed by atoms with E-state index in [4.69, 9.17) is 0 Å². The van der Waals surface area contributed by atoms with Crippen LogP contribution >= 0.6 is 0 Å². The summed E-state index contributed by atoms with van der Waals surface area (Å²) in [7, 11) is 0. The van der Waals surface area contributed by atoms with E-state index in [0.29, 0.717) is 11.7 Å². The fourth-order valence-corrected chi connectivity index (χ4v) is 4.12. The summed E-state index contributed by atoms with van der Waals surface area (Å²) in [5, 5.41) is 15.0. The maximum atomic E-state index is 10.7. The first-order valence-corrected chi connectivity index (χ1v) is 9.54. The van der Waals surface area contributed by atoms with Crippen molar-refractivity contribution in [2.75, 3.05) is 16.9 Å². The molecule has 148 valence electrons. The number of nitrogens with zero attached hydrogens (tertiary/aromatic N) is 4. The Morgan fingerprint density at radius 3 is 2.79 bits per heavy atom. The highest BCUT2D eigenvalue weighted by Crippen LogP contribution is 2.43. The van der Waals surface area contributed by atoms with Crippen LogP contribution in [-0.4, -0.2) is 28.2 Å². The van der Waals surface area contributed by atoms with Gasteiger partial charge in [-0.2, -0.15) is 5.10 Å². The molecular weight excluding hydrogens is 354 g/mol. The van der Waals surface area contributed by atoms with Crippen LogP contribution in [-0.2, 0) is 0 Å². The summed E-state index contributed by atoms with van der Waals surface area (Å²) in [6, 6.07) is 7.42. The fraction of sp³-hybridized carbons (Fsp3) is 0.429. The van der Waals surface area contributed by atoms with Gasteiger partial charge < -0.3 is 4.90 Å². The van der Waals surface area contributed by atoms with Gasteiger partial charge in [0.15, 0.2) is 0 Å². The van der Waals surface area contributed by atoms with Gasteiger partial charge in [0.1, 0.15) is 12.0 Å². The van der Waals surface area contributed by atoms with E-state index in [1.165, 1.54) is 23.5 Å². The van der Waals surface area contributed by atoms with Gasteiger partial charge in [-0.1, -0.05) is 6.92 Å². The van der Waals surface area contributed by atoms with E-state index in [1.807, 2.05) is 0 Å². The number of hydrazone groups is 1. The monoisotopic (exact) mass is 381 g/mol. The molecule has 28 heavy (non-hydrogen) atoms. The van der Waals surface area contributed by atoms with Crippen LogP contribution in [0.15, 0.2) is 35.6 Å². The molecule has 0 radical (unpaired) electrons. The Hall–Kier alpha value is -2.96. The summed E-state index contributed by atoms with van der Waals surface area (Å²) in [6.07, 6.45) is 4.10. The summed E-state index contributed by atoms with van der Waals surface area (Å²) in [4.78, 5) is 16.7. The highest BCUT2D eigenvalue weighted by molar-refractivity contribution is 5.84. The molecule has 1 aliphatic rings. The van der Waals surface area contributed by atoms with Crippen molar-refractivity contribution in [1.82, 2.24) is 4.98 Å². The average Bonchev–Trinajstić information content (AvgIpc) is 2.62. The molecule has 7 heteroatoms. The Morgan fingerprint density at radius 1 is 1.43 bits per heavy atom. The van der Waals surface area contributed by atoms with Gasteiger partial charge in [-0.15, -0.1) is 0 Å². The number of hydrogen-bond donors (Lipinski definition) is 1. The highest BCUT2D eigenvalue weighted by atomic mass is 16.6. The molecule has 7 nitrogen and oxygen atoms in total. The second-order valence-electron chi connectivity index (χ2n) is 7.96. The summed E-state index contributed by atoms with van der Waals surface area (Å²) < 4.78 is 0. The van der Waals surface area contributed by atoms with Crippen LogP contribution < -0.4 is 10.3 Å². The predicted octanol–water partition coefficient (Wildman–Crippen LogP) is 4.86. The van der Waals surface area contributed by atoms with Crippen molar-refractivity contribution in [2.24, 2.45) is 5.10 Å². The van der Waals surface area contributed by atoms with Gasteiger partial charge in [-0.3, -0.25) is 15.5 Å². The second-order valence-corrected chi connectivity index (χ2v) is 7.96. The third kappa shape index (κ3) is 3.83. The minimum Gasteiger partial charge on any atom is -0.366 e. The van der Waals surface area contributed by atoms with Crippen LogP contribution in [0.25, 0.3) is 0 Å². The molecule has 0 fully saturated rings. The average molecular weight is 381 g/mol. The Morgan fingerprint density at radius 2 is 2.18 bits per heavy atom. The Labute approximate surface area is 165 Å². The fourth-order valence-electron chi connectivity index (χ4n) is 4.12. The first kappa shape index (κ1) is 19.8. The number of pyridine rings is 1. The molecule has 0 aliphatic carbocycles. The van der Waals surface area contributed by atoms with Gasteiger partial charge in [0.05, 0.1) is 11.1 Å². The Kier molecular flexibility index (Phi) is 5.36. The van der Waals surface area contributed by atoms with Gasteiger partial charge in [0.25, 0.3) is 5.69 Å². The smallest absolute Gasteiger partial charge is 0.287 e. The third-order valence-electron chi connectivity index (χ3n) is 5.43. The van der Waals surface area contributed by atoms with Crippen LogP contribution in [0.2, 0.25) is 0 Å². The van der Waals surface area contributed by atoms with Gasteiger partial charge in [0.2, 0.25) is 0 Å². The van der Waals surface area contributed by atoms with E-state index >= 15 is 0 Å². The molecule has 3 rings (SSSR count). The Balaban J connectivity index is 1.83. The van der Waals surface area contributed by atoms with Gasteiger partial charge >= 0.3 is 0 Å². The molecule has 1 aromatic carbocycles. The number of aryl methyl sites for hydroxylation is 1. The molecular formula is C21H27N5O2. The van der Waals surface area contributed by atoms with Crippen LogP contribution in [0.3, 0.4) is 0 Å². The first-order valence-electron chi connectivity index (χ1n) is 9.54. The first-order chi connectivity index (χ1) is 13.2. The molecule has 2 heterocycles. The van der Waals surface area contributed by atoms with Crippen molar-refractivity contribution in [3.8, 4) is 0 Å². The molecule has 1 aromatic heterocycles. The van der Waals surface area contributed by atoms with Crippen molar-refractivity contribution in [3.63, 3.8) is 0 Å². The quantitative estimate of drug-likeness (QED) is 0.454. The standard InChI is InChI=1S/C21H27N5O2/c1-6-25-19-9-14(2)16(10-18(19)15(3)11-21(25,4)5)12-23-24-20-8-7-17(13-22-20)26(27)28/h7-10,12-13,15H,6,11H2,1-5H3,(H,22,24)/b23-12-/t15-/m0/s1. The lowest BCUT2D eigenvalue weighted by Gasteiger charge is -2.47. The molecule has 0 unspecified atom stereocenters. The van der Waals surface area contributed by atoms with Crippen molar-refractivity contribution in [2.45, 2.75) is 52.5 Å². The number of aromatic nitrogens is 1. The molecule has 1 aliphatic heterocycles. The summed E-state index contributed by atoms with van der Waals surface area (Å²) in [6.45, 7) is 12.2. The Bertz CT molecular complexity index is 906. The zero-order valence-corrected chi connectivity index (χ0v) is 17.1. The SMILES string of the molecule is CCN1c2cc(C)c(/C=N\Nc3ccc([N+](=O)[O-])cn3)cc2[C@@H](C)CC1(C)C. The van der Waals surface area contributed by atoms with E-state index in [0.717, 1.165) is 24.1 Å². The van der Waals surface area contributed by atoms with E-state index in [9.17, 15) is 10.1 Å². The number of benzene rings is 1. The second kappa shape index (κ2) is 7.58. The lowest BCUT2D eigenvalue weighted by molar-refractivity contribution is -0.385. The van der Waals surface area contributed by atoms with E-state index in [2.05, 4.69) is 67.2 Å². The maximum Gasteiger partial charge on any atom is 0.287 e. The lowest BCUT2D eigenvalue weighted by atomic mass is 9.79. The zero-order chi connectivity index (χ0) is 20.5. The minimum absolute atomic E-state index is 0.0440. The normalized spacial score (nSPS) is 18.2. The summed E-state index contributed by atoms with van der Waals surface area (Å²) in [5.41, 5.74) is 7.81. The largest absolute Gasteiger partial charge is 0.366 e. The number of nitro groups is 1. The van der Waals surface area contributed by atoms with Crippen LogP contribution in [0, 0.1) is 17.0 Å². The molecule has 0 amide bonds. The van der Waals surface area contributed by atoms with E-state index in [-0.39, 0.29) is 11.2 Å². The van der Waals surface area contributed by atoms with Gasteiger partial charge in [-0.25, -0.2) is 4.98 Å². The maximum absolute atomic E-state index is 10.7. The molecule has 0 saturated heterocycles. The molecule has 0 bridgehead atoms. The zero-order valence-electron chi connectivity index (χ0n) is 17.1. The highest BCUT2D eigenvalue weighted by Gasteiger charge is 2.35. The molecule has 1 N–H and O–H groups in total. The number of nitrogens with one attached hydrogen (secondary N) is 1. The number of anilines is 2. The number of rotatable bonds is 5. The topological polar surface area (TPSA) is 83.7 Å². The van der Waals surface area contributed by atoms with Crippen molar-refractivity contribution in [3.05, 3.63) is 57.3 Å². The van der Waals surface area contributed by atoms with Crippen LogP contribution in [0.4, 0.5) is 17.2 Å². The number of fused-ring (bicyclic) bond motifs is 1. The van der Waals surface area contributed by atoms with Gasteiger partial charge in [0, 0.05) is 23.8 Å². The predicted molar refractivity (Wildman–Crippen MR) is 113 cm³/mol. The lowest BCUT2D eigenvalue weighted by Crippen LogP contribution is -2.48. The van der Waals surface area contributed by atoms with Gasteiger partial charge in [-0.05, 0) is 74.9 Å². The van der Waals surface area contributed by atoms with Crippen molar-refractivity contribution in [1.29, 1.82) is 0 Å². The molecule has 0 saturated carbocycles. The van der Waals surface area contributed by atoms with Crippen molar-refractivity contribution >= 4 is 23.4 Å². The summed E-state index contributed by atoms with van der Waals surface area (Å²) in [5.74, 6) is 0.939. The van der Waals surface area contributed by atoms with E-state index < -0.39 is 4.92 Å². The third-order valence-corrected chi connectivity index (χ3v) is 5.43. The van der Waals surface area contributed by atoms with E-state index in [1.54, 1.807) is 12.3 Å². The van der Waals surface area contributed by atoms with Crippen molar-refractivity contribution < 1.29 is 4.92 Å². The van der Waals surface area contributed by atoms with Crippen LogP contribution in [0.1, 0.15) is 56.7 Å². The number of hydrogen-bond acceptors (Lipinski definition) is 6. The van der Waals surface area contributed by atoms with Crippen LogP contribution in [0.5, 0.6) is 0 Å². The minimum atomic E-state index is -0.474. The molecule has 0 spiro atoms.